The molecule has 0 atom stereocenters. The van der Waals surface area contributed by atoms with Crippen LogP contribution in [0, 0.1) is 5.41 Å². The fourth-order valence-electron chi connectivity index (χ4n) is 1.08. The molecule has 94 valence electrons. The van der Waals surface area contributed by atoms with Crippen LogP contribution in [-0.4, -0.2) is 36.6 Å². The first-order chi connectivity index (χ1) is 7.41. The molecule has 3 N–H and O–H groups in total. The number of rotatable bonds is 7. The van der Waals surface area contributed by atoms with E-state index in [0.717, 1.165) is 0 Å². The average Bonchev–Trinajstić information content (AvgIpc) is 2.23. The van der Waals surface area contributed by atoms with Gasteiger partial charge in [-0.3, -0.25) is 9.59 Å². The van der Waals surface area contributed by atoms with Gasteiger partial charge in [-0.05, 0) is 5.41 Å². The lowest BCUT2D eigenvalue weighted by Gasteiger charge is -2.20. The van der Waals surface area contributed by atoms with Crippen LogP contribution >= 0.6 is 0 Å². The van der Waals surface area contributed by atoms with Gasteiger partial charge in [-0.25, -0.2) is 0 Å². The number of hydrogen-bond donors (Lipinski definition) is 3. The van der Waals surface area contributed by atoms with Gasteiger partial charge >= 0.3 is 0 Å². The van der Waals surface area contributed by atoms with Crippen LogP contribution in [0.1, 0.15) is 33.6 Å². The molecule has 0 bridgehead atoms. The van der Waals surface area contributed by atoms with E-state index in [1.165, 1.54) is 0 Å². The molecule has 0 saturated carbocycles. The van der Waals surface area contributed by atoms with Gasteiger partial charge < -0.3 is 15.7 Å². The third-order valence-electron chi connectivity index (χ3n) is 2.16. The monoisotopic (exact) mass is 230 g/mol. The topological polar surface area (TPSA) is 78.4 Å². The highest BCUT2D eigenvalue weighted by atomic mass is 16.3. The maximum Gasteiger partial charge on any atom is 0.220 e. The predicted octanol–water partition coefficient (Wildman–Crippen LogP) is 0.0374. The Balaban J connectivity index is 3.63. The summed E-state index contributed by atoms with van der Waals surface area (Å²) in [7, 11) is 0. The molecule has 0 unspecified atom stereocenters. The van der Waals surface area contributed by atoms with E-state index < -0.39 is 5.41 Å². The second kappa shape index (κ2) is 7.22. The van der Waals surface area contributed by atoms with Crippen molar-refractivity contribution in [3.05, 3.63) is 0 Å². The van der Waals surface area contributed by atoms with Crippen molar-refractivity contribution in [2.75, 3.05) is 19.7 Å². The molecule has 0 saturated heterocycles. The minimum absolute atomic E-state index is 0.0208. The fraction of sp³-hybridized carbons (Fsp3) is 0.818. The van der Waals surface area contributed by atoms with Crippen LogP contribution in [0.25, 0.3) is 0 Å². The van der Waals surface area contributed by atoms with Crippen molar-refractivity contribution in [2.24, 2.45) is 5.41 Å². The number of carbonyl (C=O) groups excluding carboxylic acids is 2. The van der Waals surface area contributed by atoms with Crippen molar-refractivity contribution in [1.29, 1.82) is 0 Å². The highest BCUT2D eigenvalue weighted by Crippen LogP contribution is 2.18. The van der Waals surface area contributed by atoms with Gasteiger partial charge in [0.1, 0.15) is 0 Å². The Morgan fingerprint density at radius 2 is 1.62 bits per heavy atom. The first-order valence-electron chi connectivity index (χ1n) is 5.55. The number of amides is 2. The summed E-state index contributed by atoms with van der Waals surface area (Å²) >= 11 is 0. The first kappa shape index (κ1) is 14.9. The van der Waals surface area contributed by atoms with E-state index in [-0.39, 0.29) is 24.8 Å². The third-order valence-corrected chi connectivity index (χ3v) is 2.16. The average molecular weight is 230 g/mol. The second-order valence-corrected chi connectivity index (χ2v) is 4.55. The van der Waals surface area contributed by atoms with E-state index in [0.29, 0.717) is 19.5 Å². The minimum Gasteiger partial charge on any atom is -0.396 e. The summed E-state index contributed by atoms with van der Waals surface area (Å²) in [5, 5.41) is 14.3. The van der Waals surface area contributed by atoms with Crippen LogP contribution in [-0.2, 0) is 9.59 Å². The standard InChI is InChI=1S/C11H22N2O3/c1-4-9(15)12-5-6-13-10(16)7-11(2,3)8-14/h14H,4-8H2,1-3H3,(H,12,15)(H,13,16). The lowest BCUT2D eigenvalue weighted by molar-refractivity contribution is -0.124. The Morgan fingerprint density at radius 3 is 2.06 bits per heavy atom. The Labute approximate surface area is 96.6 Å². The predicted molar refractivity (Wildman–Crippen MR) is 61.8 cm³/mol. The van der Waals surface area contributed by atoms with E-state index >= 15 is 0 Å². The van der Waals surface area contributed by atoms with Crippen molar-refractivity contribution >= 4 is 11.8 Å². The van der Waals surface area contributed by atoms with Gasteiger partial charge in [-0.1, -0.05) is 20.8 Å². The lowest BCUT2D eigenvalue weighted by atomic mass is 9.90. The Morgan fingerprint density at radius 1 is 1.12 bits per heavy atom. The van der Waals surface area contributed by atoms with Crippen LogP contribution in [0.2, 0.25) is 0 Å². The Bertz CT molecular complexity index is 239. The van der Waals surface area contributed by atoms with E-state index in [9.17, 15) is 9.59 Å². The zero-order valence-corrected chi connectivity index (χ0v) is 10.3. The summed E-state index contributed by atoms with van der Waals surface area (Å²) < 4.78 is 0. The van der Waals surface area contributed by atoms with Gasteiger partial charge in [-0.2, -0.15) is 0 Å². The molecule has 0 aliphatic carbocycles. The molecule has 0 heterocycles. The zero-order valence-electron chi connectivity index (χ0n) is 10.3. The fourth-order valence-corrected chi connectivity index (χ4v) is 1.08. The van der Waals surface area contributed by atoms with Crippen LogP contribution < -0.4 is 10.6 Å². The molecule has 5 heteroatoms. The van der Waals surface area contributed by atoms with Crippen molar-refractivity contribution in [1.82, 2.24) is 10.6 Å². The van der Waals surface area contributed by atoms with E-state index in [4.69, 9.17) is 5.11 Å². The van der Waals surface area contributed by atoms with Crippen LogP contribution in [0.15, 0.2) is 0 Å². The van der Waals surface area contributed by atoms with Crippen molar-refractivity contribution < 1.29 is 14.7 Å². The third kappa shape index (κ3) is 7.23. The van der Waals surface area contributed by atoms with E-state index in [2.05, 4.69) is 10.6 Å². The molecule has 0 aromatic heterocycles. The molecule has 0 aliphatic rings. The summed E-state index contributed by atoms with van der Waals surface area (Å²) in [6.07, 6.45) is 0.733. The SMILES string of the molecule is CCC(=O)NCCNC(=O)CC(C)(C)CO. The molecule has 0 fully saturated rings. The molecule has 2 amide bonds. The molecule has 0 aromatic carbocycles. The minimum atomic E-state index is -0.392. The molecular formula is C11H22N2O3. The molecule has 0 radical (unpaired) electrons. The van der Waals surface area contributed by atoms with E-state index in [1.54, 1.807) is 6.92 Å². The van der Waals surface area contributed by atoms with Gasteiger partial charge in [0.25, 0.3) is 0 Å². The normalized spacial score (nSPS) is 11.0. The maximum absolute atomic E-state index is 11.4. The summed E-state index contributed by atoms with van der Waals surface area (Å²) in [4.78, 5) is 22.3. The number of hydrogen-bond acceptors (Lipinski definition) is 3. The molecular weight excluding hydrogens is 208 g/mol. The Kier molecular flexibility index (Phi) is 6.72. The van der Waals surface area contributed by atoms with Gasteiger partial charge in [0, 0.05) is 32.5 Å². The van der Waals surface area contributed by atoms with Crippen LogP contribution in [0.3, 0.4) is 0 Å². The van der Waals surface area contributed by atoms with Crippen LogP contribution in [0.4, 0.5) is 0 Å². The van der Waals surface area contributed by atoms with Crippen molar-refractivity contribution in [3.63, 3.8) is 0 Å². The number of aliphatic hydroxyl groups is 1. The summed E-state index contributed by atoms with van der Waals surface area (Å²) in [6, 6.07) is 0. The maximum atomic E-state index is 11.4. The largest absolute Gasteiger partial charge is 0.396 e. The summed E-state index contributed by atoms with van der Waals surface area (Å²) in [5.74, 6) is -0.130. The number of nitrogens with one attached hydrogen (secondary N) is 2. The lowest BCUT2D eigenvalue weighted by Crippen LogP contribution is -2.36. The highest BCUT2D eigenvalue weighted by molar-refractivity contribution is 5.77. The number of aliphatic hydroxyl groups excluding tert-OH is 1. The molecule has 16 heavy (non-hydrogen) atoms. The van der Waals surface area contributed by atoms with Crippen molar-refractivity contribution in [2.45, 2.75) is 33.6 Å². The van der Waals surface area contributed by atoms with Crippen LogP contribution in [0.5, 0.6) is 0 Å². The molecule has 0 rings (SSSR count). The second-order valence-electron chi connectivity index (χ2n) is 4.55. The summed E-state index contributed by atoms with van der Waals surface area (Å²) in [6.45, 7) is 6.27. The van der Waals surface area contributed by atoms with Gasteiger partial charge in [0.2, 0.25) is 11.8 Å². The van der Waals surface area contributed by atoms with Gasteiger partial charge in [-0.15, -0.1) is 0 Å². The zero-order chi connectivity index (χ0) is 12.6. The Hall–Kier alpha value is -1.10. The highest BCUT2D eigenvalue weighted by Gasteiger charge is 2.20. The van der Waals surface area contributed by atoms with Gasteiger partial charge in [0.05, 0.1) is 0 Å². The quantitative estimate of drug-likeness (QED) is 0.540. The molecule has 5 nitrogen and oxygen atoms in total. The molecule has 0 spiro atoms. The molecule has 0 aliphatic heterocycles. The first-order valence-corrected chi connectivity index (χ1v) is 5.55. The van der Waals surface area contributed by atoms with Gasteiger partial charge in [0.15, 0.2) is 0 Å². The van der Waals surface area contributed by atoms with Crippen molar-refractivity contribution in [3.8, 4) is 0 Å². The summed E-state index contributed by atoms with van der Waals surface area (Å²) in [5.41, 5.74) is -0.392. The van der Waals surface area contributed by atoms with E-state index in [1.807, 2.05) is 13.8 Å². The smallest absolute Gasteiger partial charge is 0.220 e. The molecule has 0 aromatic rings. The number of carbonyl (C=O) groups is 2.